The Morgan fingerprint density at radius 1 is 1.56 bits per heavy atom. The summed E-state index contributed by atoms with van der Waals surface area (Å²) in [4.78, 5) is 20.0. The molecule has 2 aliphatic heterocycles. The van der Waals surface area contributed by atoms with Gasteiger partial charge in [-0.05, 0) is 26.2 Å². The van der Waals surface area contributed by atoms with Crippen LogP contribution in [0.25, 0.3) is 0 Å². The summed E-state index contributed by atoms with van der Waals surface area (Å²) in [5.74, 6) is 0.0949. The summed E-state index contributed by atoms with van der Waals surface area (Å²) >= 11 is 0. The molecule has 6 nitrogen and oxygen atoms in total. The molecule has 4 N–H and O–H groups in total. The second-order valence-corrected chi connectivity index (χ2v) is 5.09. The Bertz CT molecular complexity index is 489. The largest absolute Gasteiger partial charge is 0.368 e. The van der Waals surface area contributed by atoms with Gasteiger partial charge in [0.15, 0.2) is 0 Å². The van der Waals surface area contributed by atoms with Crippen LogP contribution in [0.4, 0.5) is 5.95 Å². The average Bonchev–Trinajstić information content (AvgIpc) is 2.90. The third-order valence-electron chi connectivity index (χ3n) is 3.86. The Hall–Kier alpha value is -1.69. The number of anilines is 1. The molecule has 2 saturated heterocycles. The zero-order chi connectivity index (χ0) is 12.7. The second kappa shape index (κ2) is 4.20. The molecule has 2 aliphatic rings. The zero-order valence-electron chi connectivity index (χ0n) is 10.3. The number of nitrogens with two attached hydrogens (primary N) is 1. The fourth-order valence-electron chi connectivity index (χ4n) is 2.94. The van der Waals surface area contributed by atoms with Gasteiger partial charge in [-0.3, -0.25) is 4.79 Å². The quantitative estimate of drug-likeness (QED) is 0.683. The number of rotatable bonds is 2. The number of carbonyl (C=O) groups excluding carboxylic acids is 1. The first-order chi connectivity index (χ1) is 8.63. The third-order valence-corrected chi connectivity index (χ3v) is 3.86. The van der Waals surface area contributed by atoms with E-state index in [4.69, 9.17) is 5.73 Å². The van der Waals surface area contributed by atoms with Crippen molar-refractivity contribution < 1.29 is 4.79 Å². The Morgan fingerprint density at radius 2 is 2.39 bits per heavy atom. The van der Waals surface area contributed by atoms with Gasteiger partial charge in [0.2, 0.25) is 5.95 Å². The van der Waals surface area contributed by atoms with Gasteiger partial charge >= 0.3 is 0 Å². The minimum Gasteiger partial charge on any atom is -0.368 e. The molecule has 96 valence electrons. The smallest absolute Gasteiger partial charge is 0.254 e. The summed E-state index contributed by atoms with van der Waals surface area (Å²) in [6, 6.07) is 1.23. The van der Waals surface area contributed by atoms with Crippen molar-refractivity contribution >= 4 is 11.9 Å². The van der Waals surface area contributed by atoms with Crippen LogP contribution in [-0.2, 0) is 0 Å². The Labute approximate surface area is 105 Å². The van der Waals surface area contributed by atoms with E-state index >= 15 is 0 Å². The number of aromatic nitrogens is 2. The molecule has 0 unspecified atom stereocenters. The minimum absolute atomic E-state index is 0.105. The van der Waals surface area contributed by atoms with Gasteiger partial charge in [-0.1, -0.05) is 0 Å². The molecule has 1 aromatic rings. The fraction of sp³-hybridized carbons (Fsp3) is 0.583. The number of amides is 1. The molecule has 6 heteroatoms. The molecule has 0 aromatic carbocycles. The van der Waals surface area contributed by atoms with Crippen molar-refractivity contribution in [2.75, 3.05) is 5.73 Å². The van der Waals surface area contributed by atoms with E-state index in [9.17, 15) is 4.79 Å². The molecular formula is C12H17N5O. The predicted molar refractivity (Wildman–Crippen MR) is 67.0 cm³/mol. The van der Waals surface area contributed by atoms with Crippen molar-refractivity contribution in [1.82, 2.24) is 20.6 Å². The van der Waals surface area contributed by atoms with Gasteiger partial charge in [0.1, 0.15) is 0 Å². The number of carbonyl (C=O) groups is 1. The lowest BCUT2D eigenvalue weighted by atomic mass is 9.95. The standard InChI is InChI=1S/C12H17N5O/c1-6-8(5-14-12(13)15-6)11(18)17-10-4-7-2-3-9(10)16-7/h5,7,9-10,16H,2-4H2,1H3,(H,17,18)(H2,13,14,15)/t7-,9+,10+/m1/s1. The van der Waals surface area contributed by atoms with Gasteiger partial charge in [-0.25, -0.2) is 9.97 Å². The molecule has 18 heavy (non-hydrogen) atoms. The van der Waals surface area contributed by atoms with Crippen molar-refractivity contribution in [2.24, 2.45) is 0 Å². The van der Waals surface area contributed by atoms with E-state index in [1.165, 1.54) is 12.6 Å². The first-order valence-corrected chi connectivity index (χ1v) is 6.29. The lowest BCUT2D eigenvalue weighted by Gasteiger charge is -2.21. The summed E-state index contributed by atoms with van der Waals surface area (Å²) in [6.07, 6.45) is 4.88. The van der Waals surface area contributed by atoms with Crippen LogP contribution in [0.3, 0.4) is 0 Å². The molecule has 1 aromatic heterocycles. The molecule has 1 amide bonds. The van der Waals surface area contributed by atoms with Gasteiger partial charge in [-0.15, -0.1) is 0 Å². The van der Waals surface area contributed by atoms with Crippen molar-refractivity contribution in [3.63, 3.8) is 0 Å². The maximum atomic E-state index is 12.1. The molecule has 3 atom stereocenters. The van der Waals surface area contributed by atoms with E-state index in [1.807, 2.05) is 0 Å². The van der Waals surface area contributed by atoms with Gasteiger partial charge in [-0.2, -0.15) is 0 Å². The van der Waals surface area contributed by atoms with Crippen molar-refractivity contribution in [2.45, 2.75) is 44.3 Å². The van der Waals surface area contributed by atoms with Gasteiger partial charge in [0.05, 0.1) is 11.3 Å². The molecule has 2 fully saturated rings. The van der Waals surface area contributed by atoms with Crippen molar-refractivity contribution in [3.05, 3.63) is 17.5 Å². The molecule has 0 saturated carbocycles. The summed E-state index contributed by atoms with van der Waals surface area (Å²) in [7, 11) is 0. The van der Waals surface area contributed by atoms with E-state index in [0.29, 0.717) is 23.3 Å². The molecule has 3 heterocycles. The number of fused-ring (bicyclic) bond motifs is 2. The topological polar surface area (TPSA) is 92.9 Å². The highest BCUT2D eigenvalue weighted by Crippen LogP contribution is 2.28. The lowest BCUT2D eigenvalue weighted by molar-refractivity contribution is 0.0929. The number of aryl methyl sites for hydroxylation is 1. The monoisotopic (exact) mass is 247 g/mol. The van der Waals surface area contributed by atoms with Crippen molar-refractivity contribution in [1.29, 1.82) is 0 Å². The summed E-state index contributed by atoms with van der Waals surface area (Å²) in [5.41, 5.74) is 6.60. The Morgan fingerprint density at radius 3 is 3.00 bits per heavy atom. The number of hydrogen-bond acceptors (Lipinski definition) is 5. The van der Waals surface area contributed by atoms with Crippen LogP contribution < -0.4 is 16.4 Å². The Balaban J connectivity index is 1.71. The van der Waals surface area contributed by atoms with Gasteiger partial charge in [0.25, 0.3) is 5.91 Å². The molecule has 3 rings (SSSR count). The highest BCUT2D eigenvalue weighted by atomic mass is 16.1. The maximum Gasteiger partial charge on any atom is 0.254 e. The summed E-state index contributed by atoms with van der Waals surface area (Å²) < 4.78 is 0. The minimum atomic E-state index is -0.105. The molecule has 0 radical (unpaired) electrons. The van der Waals surface area contributed by atoms with Crippen LogP contribution in [-0.4, -0.2) is 34.0 Å². The summed E-state index contributed by atoms with van der Waals surface area (Å²) in [6.45, 7) is 1.77. The normalized spacial score (nSPS) is 29.5. The fourth-order valence-corrected chi connectivity index (χ4v) is 2.94. The number of hydrogen-bond donors (Lipinski definition) is 3. The lowest BCUT2D eigenvalue weighted by Crippen LogP contribution is -2.43. The predicted octanol–water partition coefficient (Wildman–Crippen LogP) is -0.0101. The van der Waals surface area contributed by atoms with E-state index in [1.54, 1.807) is 6.92 Å². The molecule has 2 bridgehead atoms. The highest BCUT2D eigenvalue weighted by molar-refractivity contribution is 5.95. The third kappa shape index (κ3) is 1.92. The average molecular weight is 247 g/mol. The van der Waals surface area contributed by atoms with Crippen LogP contribution in [0.15, 0.2) is 6.20 Å². The van der Waals surface area contributed by atoms with E-state index < -0.39 is 0 Å². The van der Waals surface area contributed by atoms with Gasteiger partial charge < -0.3 is 16.4 Å². The molecule has 0 aliphatic carbocycles. The van der Waals surface area contributed by atoms with Crippen LogP contribution in [0.2, 0.25) is 0 Å². The van der Waals surface area contributed by atoms with Crippen LogP contribution in [0.5, 0.6) is 0 Å². The van der Waals surface area contributed by atoms with Gasteiger partial charge in [0, 0.05) is 24.3 Å². The number of nitrogens with zero attached hydrogens (tertiary/aromatic N) is 2. The maximum absolute atomic E-state index is 12.1. The molecule has 0 spiro atoms. The second-order valence-electron chi connectivity index (χ2n) is 5.09. The van der Waals surface area contributed by atoms with E-state index in [2.05, 4.69) is 20.6 Å². The van der Waals surface area contributed by atoms with E-state index in [-0.39, 0.29) is 17.9 Å². The van der Waals surface area contributed by atoms with Crippen LogP contribution in [0, 0.1) is 6.92 Å². The summed E-state index contributed by atoms with van der Waals surface area (Å²) in [5, 5.41) is 6.56. The highest BCUT2D eigenvalue weighted by Gasteiger charge is 2.39. The first-order valence-electron chi connectivity index (χ1n) is 6.29. The zero-order valence-corrected chi connectivity index (χ0v) is 10.3. The number of nitrogens with one attached hydrogen (secondary N) is 2. The Kier molecular flexibility index (Phi) is 2.66. The molecular weight excluding hydrogens is 230 g/mol. The number of nitrogen functional groups attached to an aromatic ring is 1. The van der Waals surface area contributed by atoms with E-state index in [0.717, 1.165) is 12.8 Å². The van der Waals surface area contributed by atoms with Crippen LogP contribution >= 0.6 is 0 Å². The SMILES string of the molecule is Cc1nc(N)ncc1C(=O)N[C@H]1C[C@H]2CC[C@@H]1N2. The van der Waals surface area contributed by atoms with Crippen molar-refractivity contribution in [3.8, 4) is 0 Å². The first kappa shape index (κ1) is 11.4. The van der Waals surface area contributed by atoms with Crippen LogP contribution in [0.1, 0.15) is 35.3 Å².